The monoisotopic (exact) mass is 356 g/mol. The SMILES string of the molecule is COc1cc(Cl)c(C(O)C(C(F)(F)F)C(F)(F)F)cc1Cl. The number of hydrogen-bond donors (Lipinski definition) is 1. The largest absolute Gasteiger partial charge is 0.495 e. The third-order valence-electron chi connectivity index (χ3n) is 2.61. The summed E-state index contributed by atoms with van der Waals surface area (Å²) in [5.74, 6) is -4.03. The van der Waals surface area contributed by atoms with Gasteiger partial charge >= 0.3 is 12.4 Å². The van der Waals surface area contributed by atoms with Crippen LogP contribution in [-0.4, -0.2) is 24.6 Å². The van der Waals surface area contributed by atoms with Crippen molar-refractivity contribution >= 4 is 23.2 Å². The minimum absolute atomic E-state index is 0.0480. The van der Waals surface area contributed by atoms with Gasteiger partial charge < -0.3 is 9.84 Å². The van der Waals surface area contributed by atoms with Crippen molar-refractivity contribution in [3.05, 3.63) is 27.7 Å². The minimum Gasteiger partial charge on any atom is -0.495 e. The smallest absolute Gasteiger partial charge is 0.403 e. The maximum Gasteiger partial charge on any atom is 0.403 e. The van der Waals surface area contributed by atoms with Crippen molar-refractivity contribution in [1.82, 2.24) is 0 Å². The number of hydrogen-bond acceptors (Lipinski definition) is 2. The number of methoxy groups -OCH3 is 1. The second kappa shape index (κ2) is 6.10. The van der Waals surface area contributed by atoms with Crippen LogP contribution < -0.4 is 4.74 Å². The average molecular weight is 357 g/mol. The molecule has 1 aromatic rings. The highest BCUT2D eigenvalue weighted by atomic mass is 35.5. The normalized spacial score (nSPS) is 14.4. The molecule has 0 heterocycles. The lowest BCUT2D eigenvalue weighted by molar-refractivity contribution is -0.307. The van der Waals surface area contributed by atoms with E-state index < -0.39 is 35.0 Å². The van der Waals surface area contributed by atoms with E-state index >= 15 is 0 Å². The van der Waals surface area contributed by atoms with Crippen molar-refractivity contribution in [3.8, 4) is 5.75 Å². The number of ether oxygens (including phenoxy) is 1. The first-order valence-electron chi connectivity index (χ1n) is 5.24. The molecule has 0 fully saturated rings. The first-order valence-corrected chi connectivity index (χ1v) is 5.99. The molecule has 0 bridgehead atoms. The Bertz CT molecular complexity index is 501. The summed E-state index contributed by atoms with van der Waals surface area (Å²) in [5, 5.41) is 8.69. The van der Waals surface area contributed by atoms with Crippen LogP contribution in [0.5, 0.6) is 5.75 Å². The molecule has 2 nitrogen and oxygen atoms in total. The van der Waals surface area contributed by atoms with Gasteiger partial charge in [-0.05, 0) is 6.07 Å². The van der Waals surface area contributed by atoms with Crippen LogP contribution in [0.25, 0.3) is 0 Å². The maximum absolute atomic E-state index is 12.5. The highest BCUT2D eigenvalue weighted by molar-refractivity contribution is 6.34. The molecule has 1 rings (SSSR count). The molecule has 120 valence electrons. The summed E-state index contributed by atoms with van der Waals surface area (Å²) in [6, 6.07) is 1.63. The molecular formula is C11H8Cl2F6O2. The number of aliphatic hydroxyl groups excluding tert-OH is 1. The quantitative estimate of drug-likeness (QED) is 0.790. The van der Waals surface area contributed by atoms with Gasteiger partial charge in [0, 0.05) is 11.6 Å². The van der Waals surface area contributed by atoms with Gasteiger partial charge in [-0.25, -0.2) is 0 Å². The van der Waals surface area contributed by atoms with Gasteiger partial charge in [0.05, 0.1) is 17.2 Å². The molecule has 0 saturated carbocycles. The van der Waals surface area contributed by atoms with E-state index in [0.29, 0.717) is 6.07 Å². The van der Waals surface area contributed by atoms with E-state index in [4.69, 9.17) is 27.9 Å². The Morgan fingerprint density at radius 3 is 1.86 bits per heavy atom. The minimum atomic E-state index is -5.70. The van der Waals surface area contributed by atoms with E-state index in [9.17, 15) is 31.4 Å². The molecule has 21 heavy (non-hydrogen) atoms. The van der Waals surface area contributed by atoms with Crippen molar-refractivity contribution in [2.24, 2.45) is 5.92 Å². The van der Waals surface area contributed by atoms with Crippen molar-refractivity contribution in [1.29, 1.82) is 0 Å². The fourth-order valence-electron chi connectivity index (χ4n) is 1.65. The fraction of sp³-hybridized carbons (Fsp3) is 0.455. The van der Waals surface area contributed by atoms with Crippen molar-refractivity contribution < 1.29 is 36.2 Å². The van der Waals surface area contributed by atoms with E-state index in [1.807, 2.05) is 0 Å². The maximum atomic E-state index is 12.5. The molecule has 10 heteroatoms. The van der Waals surface area contributed by atoms with Gasteiger partial charge in [-0.15, -0.1) is 0 Å². The van der Waals surface area contributed by atoms with Gasteiger partial charge in [-0.2, -0.15) is 26.3 Å². The van der Waals surface area contributed by atoms with Crippen LogP contribution >= 0.6 is 23.2 Å². The predicted octanol–water partition coefficient (Wildman–Crippen LogP) is 4.78. The molecule has 0 saturated heterocycles. The Morgan fingerprint density at radius 2 is 1.48 bits per heavy atom. The Kier molecular flexibility index (Phi) is 5.28. The molecule has 0 spiro atoms. The van der Waals surface area contributed by atoms with Gasteiger partial charge in [-0.1, -0.05) is 23.2 Å². The first kappa shape index (κ1) is 18.2. The van der Waals surface area contributed by atoms with Gasteiger partial charge in [0.2, 0.25) is 0 Å². The molecule has 0 aliphatic rings. The van der Waals surface area contributed by atoms with Gasteiger partial charge in [-0.3, -0.25) is 0 Å². The zero-order chi connectivity index (χ0) is 16.6. The van der Waals surface area contributed by atoms with Crippen molar-refractivity contribution in [2.45, 2.75) is 18.5 Å². The Labute approximate surface area is 125 Å². The number of halogens is 8. The third kappa shape index (κ3) is 4.08. The first-order chi connectivity index (χ1) is 9.39. The van der Waals surface area contributed by atoms with Gasteiger partial charge in [0.25, 0.3) is 0 Å². The standard InChI is InChI=1S/C11H8Cl2F6O2/c1-21-7-3-5(12)4(2-6(7)13)8(20)9(10(14,15)16)11(17,18)19/h2-3,8-9,20H,1H3. The van der Waals surface area contributed by atoms with E-state index in [1.54, 1.807) is 0 Å². The zero-order valence-corrected chi connectivity index (χ0v) is 11.7. The highest BCUT2D eigenvalue weighted by Gasteiger charge is 2.60. The van der Waals surface area contributed by atoms with Crippen LogP contribution in [0.15, 0.2) is 12.1 Å². The summed E-state index contributed by atoms with van der Waals surface area (Å²) in [6.07, 6.45) is -14.3. The summed E-state index contributed by atoms with van der Waals surface area (Å²) >= 11 is 11.2. The van der Waals surface area contributed by atoms with Gasteiger partial charge in [0.15, 0.2) is 5.92 Å². The zero-order valence-electron chi connectivity index (χ0n) is 10.2. The fourth-order valence-corrected chi connectivity index (χ4v) is 2.16. The van der Waals surface area contributed by atoms with E-state index in [2.05, 4.69) is 0 Å². The summed E-state index contributed by atoms with van der Waals surface area (Å²) < 4.78 is 80.0. The number of aliphatic hydroxyl groups is 1. The lowest BCUT2D eigenvalue weighted by atomic mass is 9.94. The van der Waals surface area contributed by atoms with Crippen LogP contribution in [-0.2, 0) is 0 Å². The summed E-state index contributed by atoms with van der Waals surface area (Å²) in [7, 11) is 1.18. The highest BCUT2D eigenvalue weighted by Crippen LogP contribution is 2.48. The topological polar surface area (TPSA) is 29.5 Å². The van der Waals surface area contributed by atoms with Crippen LogP contribution in [0.4, 0.5) is 26.3 Å². The molecule has 0 radical (unpaired) electrons. The summed E-state index contributed by atoms with van der Waals surface area (Å²) in [6.45, 7) is 0. The summed E-state index contributed by atoms with van der Waals surface area (Å²) in [5.41, 5.74) is -0.790. The van der Waals surface area contributed by atoms with E-state index in [-0.39, 0.29) is 10.8 Å². The average Bonchev–Trinajstić information content (AvgIpc) is 2.27. The molecule has 0 aliphatic heterocycles. The van der Waals surface area contributed by atoms with Crippen LogP contribution in [0.1, 0.15) is 11.7 Å². The van der Waals surface area contributed by atoms with Crippen LogP contribution in [0.3, 0.4) is 0 Å². The molecule has 1 N–H and O–H groups in total. The van der Waals surface area contributed by atoms with E-state index in [0.717, 1.165) is 6.07 Å². The molecule has 1 unspecified atom stereocenters. The molecule has 1 aromatic carbocycles. The Hall–Kier alpha value is -0.860. The Morgan fingerprint density at radius 1 is 1.00 bits per heavy atom. The number of rotatable bonds is 3. The molecular weight excluding hydrogens is 349 g/mol. The van der Waals surface area contributed by atoms with Crippen LogP contribution in [0, 0.1) is 5.92 Å². The summed E-state index contributed by atoms with van der Waals surface area (Å²) in [4.78, 5) is 0. The van der Waals surface area contributed by atoms with Gasteiger partial charge in [0.1, 0.15) is 11.9 Å². The number of benzene rings is 1. The van der Waals surface area contributed by atoms with Crippen molar-refractivity contribution in [3.63, 3.8) is 0 Å². The predicted molar refractivity (Wildman–Crippen MR) is 63.6 cm³/mol. The molecule has 0 aliphatic carbocycles. The van der Waals surface area contributed by atoms with Crippen molar-refractivity contribution in [2.75, 3.05) is 7.11 Å². The number of alkyl halides is 6. The third-order valence-corrected chi connectivity index (χ3v) is 3.23. The van der Waals surface area contributed by atoms with E-state index in [1.165, 1.54) is 7.11 Å². The molecule has 0 amide bonds. The Balaban J connectivity index is 3.34. The van der Waals surface area contributed by atoms with Crippen LogP contribution in [0.2, 0.25) is 10.0 Å². The second-order valence-corrected chi connectivity index (χ2v) is 4.83. The molecule has 1 atom stereocenters. The molecule has 0 aromatic heterocycles. The lowest BCUT2D eigenvalue weighted by Gasteiger charge is -2.28. The lowest BCUT2D eigenvalue weighted by Crippen LogP contribution is -2.41. The second-order valence-electron chi connectivity index (χ2n) is 4.01.